The quantitative estimate of drug-likeness (QED) is 0.192. The molecule has 0 saturated carbocycles. The van der Waals surface area contributed by atoms with Crippen LogP contribution in [0.3, 0.4) is 0 Å². The number of thioether (sulfide) groups is 1. The van der Waals surface area contributed by atoms with E-state index in [9.17, 15) is 9.83 Å². The average molecular weight is 495 g/mol. The predicted molar refractivity (Wildman–Crippen MR) is 131 cm³/mol. The van der Waals surface area contributed by atoms with Gasteiger partial charge in [-0.2, -0.15) is 9.83 Å². The standard InChI is InChI=1S/C24H16ClN2O4PS/c25-22-14-8-7-13-20(22)21(17-26)23-15-16-24(33-23)27-31-32(28,29-18-9-3-1-4-10-18)30-19-11-5-2-6-12-19/h1-16H/b23-21-,27-24+. The highest BCUT2D eigenvalue weighted by molar-refractivity contribution is 8.18. The van der Waals surface area contributed by atoms with Crippen molar-refractivity contribution in [1.82, 2.24) is 0 Å². The van der Waals surface area contributed by atoms with Gasteiger partial charge in [-0.05, 0) is 42.5 Å². The number of hydrogen-bond donors (Lipinski definition) is 0. The lowest BCUT2D eigenvalue weighted by atomic mass is 10.1. The summed E-state index contributed by atoms with van der Waals surface area (Å²) in [4.78, 5) is 0.635. The Morgan fingerprint density at radius 2 is 1.45 bits per heavy atom. The smallest absolute Gasteiger partial charge is 0.385 e. The molecule has 6 nitrogen and oxygen atoms in total. The van der Waals surface area contributed by atoms with E-state index in [2.05, 4.69) is 11.2 Å². The fraction of sp³-hybridized carbons (Fsp3) is 0. The molecule has 164 valence electrons. The van der Waals surface area contributed by atoms with Crippen LogP contribution >= 0.6 is 31.2 Å². The van der Waals surface area contributed by atoms with Crippen LogP contribution in [-0.2, 0) is 9.19 Å². The molecule has 0 aliphatic carbocycles. The first-order valence-corrected chi connectivity index (χ1v) is 12.3. The maximum Gasteiger partial charge on any atom is 0.668 e. The van der Waals surface area contributed by atoms with Gasteiger partial charge in [-0.25, -0.2) is 0 Å². The van der Waals surface area contributed by atoms with Crippen LogP contribution in [0.4, 0.5) is 0 Å². The minimum absolute atomic E-state index is 0.303. The van der Waals surface area contributed by atoms with Crippen molar-refractivity contribution in [2.24, 2.45) is 5.16 Å². The monoisotopic (exact) mass is 494 g/mol. The molecule has 0 spiro atoms. The lowest BCUT2D eigenvalue weighted by Crippen LogP contribution is -2.03. The lowest BCUT2D eigenvalue weighted by molar-refractivity contribution is 0.219. The molecular weight excluding hydrogens is 479 g/mol. The Bertz CT molecular complexity index is 1280. The summed E-state index contributed by atoms with van der Waals surface area (Å²) in [7, 11) is -4.17. The highest BCUT2D eigenvalue weighted by Gasteiger charge is 2.34. The highest BCUT2D eigenvalue weighted by atomic mass is 35.5. The van der Waals surface area contributed by atoms with E-state index in [-0.39, 0.29) is 0 Å². The summed E-state index contributed by atoms with van der Waals surface area (Å²) in [6.07, 6.45) is 3.36. The van der Waals surface area contributed by atoms with Gasteiger partial charge in [0.15, 0.2) is 0 Å². The van der Waals surface area contributed by atoms with E-state index >= 15 is 0 Å². The zero-order valence-corrected chi connectivity index (χ0v) is 19.5. The molecule has 3 aromatic carbocycles. The highest BCUT2D eigenvalue weighted by Crippen LogP contribution is 2.50. The summed E-state index contributed by atoms with van der Waals surface area (Å²) in [6, 6.07) is 26.3. The van der Waals surface area contributed by atoms with Crippen molar-refractivity contribution in [1.29, 1.82) is 5.26 Å². The first-order chi connectivity index (χ1) is 16.1. The van der Waals surface area contributed by atoms with Crippen molar-refractivity contribution in [2.75, 3.05) is 0 Å². The van der Waals surface area contributed by atoms with E-state index in [1.165, 1.54) is 11.8 Å². The van der Waals surface area contributed by atoms with E-state index < -0.39 is 7.82 Å². The van der Waals surface area contributed by atoms with Gasteiger partial charge < -0.3 is 9.05 Å². The molecule has 0 saturated heterocycles. The molecule has 0 fully saturated rings. The zero-order valence-electron chi connectivity index (χ0n) is 17.0. The van der Waals surface area contributed by atoms with Gasteiger partial charge in [0.1, 0.15) is 22.6 Å². The van der Waals surface area contributed by atoms with Crippen LogP contribution in [0.25, 0.3) is 5.57 Å². The van der Waals surface area contributed by atoms with Crippen LogP contribution in [0.15, 0.2) is 107 Å². The minimum atomic E-state index is -4.17. The number of phosphoric acid groups is 1. The van der Waals surface area contributed by atoms with Crippen LogP contribution in [0.5, 0.6) is 11.5 Å². The molecule has 0 N–H and O–H groups in total. The number of nitriles is 1. The van der Waals surface area contributed by atoms with Crippen molar-refractivity contribution in [3.8, 4) is 17.6 Å². The normalized spacial score (nSPS) is 15.7. The second-order valence-electron chi connectivity index (χ2n) is 6.53. The van der Waals surface area contributed by atoms with Gasteiger partial charge in [0.25, 0.3) is 0 Å². The van der Waals surface area contributed by atoms with Crippen LogP contribution in [0, 0.1) is 11.3 Å². The van der Waals surface area contributed by atoms with Gasteiger partial charge >= 0.3 is 7.82 Å². The Labute approximate surface area is 200 Å². The van der Waals surface area contributed by atoms with Gasteiger partial charge in [0.05, 0.1) is 5.57 Å². The number of hydrogen-bond acceptors (Lipinski definition) is 7. The molecule has 0 bridgehead atoms. The number of allylic oxidation sites excluding steroid dienone is 2. The molecule has 33 heavy (non-hydrogen) atoms. The molecule has 0 amide bonds. The number of rotatable bonds is 7. The van der Waals surface area contributed by atoms with Crippen LogP contribution < -0.4 is 9.05 Å². The van der Waals surface area contributed by atoms with Crippen molar-refractivity contribution >= 4 is 41.8 Å². The SMILES string of the molecule is N#C/C(=C1C=C/C(=N\OP(=O)(Oc2ccccc2)Oc2ccccc2)S\1)c1ccccc1Cl. The van der Waals surface area contributed by atoms with Gasteiger partial charge in [-0.1, -0.05) is 83.1 Å². The van der Waals surface area contributed by atoms with E-state index in [4.69, 9.17) is 25.3 Å². The Morgan fingerprint density at radius 1 is 0.879 bits per heavy atom. The summed E-state index contributed by atoms with van der Waals surface area (Å²) in [6.45, 7) is 0. The second kappa shape index (κ2) is 10.5. The third kappa shape index (κ3) is 5.88. The number of nitrogens with zero attached hydrogens (tertiary/aromatic N) is 2. The van der Waals surface area contributed by atoms with E-state index in [0.29, 0.717) is 37.6 Å². The summed E-state index contributed by atoms with van der Waals surface area (Å²) in [5.74, 6) is 0.607. The Hall–Kier alpha value is -3.43. The van der Waals surface area contributed by atoms with E-state index in [0.717, 1.165) is 0 Å². The van der Waals surface area contributed by atoms with Crippen LogP contribution in [0.2, 0.25) is 5.02 Å². The van der Waals surface area contributed by atoms with Gasteiger partial charge in [0, 0.05) is 15.5 Å². The first kappa shape index (κ1) is 22.8. The largest absolute Gasteiger partial charge is 0.668 e. The third-order valence-electron chi connectivity index (χ3n) is 4.24. The summed E-state index contributed by atoms with van der Waals surface area (Å²) in [5.41, 5.74) is 1.01. The molecule has 9 heteroatoms. The number of halogens is 1. The Morgan fingerprint density at radius 3 is 2.03 bits per heavy atom. The molecule has 4 rings (SSSR count). The Balaban J connectivity index is 1.57. The number of phosphoric ester groups is 1. The molecule has 0 unspecified atom stereocenters. The van der Waals surface area contributed by atoms with Crippen molar-refractivity contribution in [2.45, 2.75) is 0 Å². The van der Waals surface area contributed by atoms with Gasteiger partial charge in [-0.15, -0.1) is 0 Å². The summed E-state index contributed by atoms with van der Waals surface area (Å²) < 4.78 is 29.7. The predicted octanol–water partition coefficient (Wildman–Crippen LogP) is 7.47. The molecule has 1 heterocycles. The molecule has 3 aromatic rings. The maximum absolute atomic E-state index is 13.4. The van der Waals surface area contributed by atoms with Crippen molar-refractivity contribution in [3.63, 3.8) is 0 Å². The summed E-state index contributed by atoms with van der Waals surface area (Å²) >= 11 is 7.42. The molecule has 1 aliphatic heterocycles. The number of benzene rings is 3. The topological polar surface area (TPSA) is 80.9 Å². The van der Waals surface area contributed by atoms with Crippen molar-refractivity contribution < 1.29 is 18.2 Å². The van der Waals surface area contributed by atoms with Crippen LogP contribution in [0.1, 0.15) is 5.56 Å². The molecule has 0 atom stereocenters. The first-order valence-electron chi connectivity index (χ1n) is 9.67. The average Bonchev–Trinajstić information content (AvgIpc) is 3.30. The van der Waals surface area contributed by atoms with Crippen LogP contribution in [-0.4, -0.2) is 5.04 Å². The van der Waals surface area contributed by atoms with Gasteiger partial charge in [-0.3, -0.25) is 4.62 Å². The molecule has 1 aliphatic rings. The van der Waals surface area contributed by atoms with Gasteiger partial charge in [0.2, 0.25) is 0 Å². The fourth-order valence-corrected chi connectivity index (χ4v) is 4.95. The third-order valence-corrected chi connectivity index (χ3v) is 6.70. The fourth-order valence-electron chi connectivity index (χ4n) is 2.79. The number of para-hydroxylation sites is 2. The van der Waals surface area contributed by atoms with E-state index in [1.54, 1.807) is 97.1 Å². The lowest BCUT2D eigenvalue weighted by Gasteiger charge is -2.16. The Kier molecular flexibility index (Phi) is 7.21. The van der Waals surface area contributed by atoms with Crippen molar-refractivity contribution in [3.05, 3.63) is 113 Å². The molecule has 0 radical (unpaired) electrons. The molecular formula is C24H16ClN2O4PS. The second-order valence-corrected chi connectivity index (χ2v) is 9.43. The minimum Gasteiger partial charge on any atom is -0.385 e. The number of oxime groups is 1. The summed E-state index contributed by atoms with van der Waals surface area (Å²) in [5, 5.41) is 14.5. The molecule has 0 aromatic heterocycles. The van der Waals surface area contributed by atoms with E-state index in [1.807, 2.05) is 0 Å². The zero-order chi connectivity index (χ0) is 23.1. The maximum atomic E-state index is 13.4.